The summed E-state index contributed by atoms with van der Waals surface area (Å²) >= 11 is 0. The van der Waals surface area contributed by atoms with E-state index in [9.17, 15) is 45.6 Å². The summed E-state index contributed by atoms with van der Waals surface area (Å²) < 4.78 is 22.9. The molecule has 9 N–H and O–H groups in total. The van der Waals surface area contributed by atoms with Crippen molar-refractivity contribution in [2.45, 2.75) is 441 Å². The van der Waals surface area contributed by atoms with Crippen molar-refractivity contribution < 1.29 is 64.6 Å². The molecule has 0 spiro atoms. The summed E-state index contributed by atoms with van der Waals surface area (Å²) in [5.41, 5.74) is 0. The molecule has 12 unspecified atom stereocenters. The van der Waals surface area contributed by atoms with Gasteiger partial charge in [-0.2, -0.15) is 0 Å². The van der Waals surface area contributed by atoms with E-state index in [2.05, 4.69) is 67.8 Å². The number of allylic oxidation sites excluding steroid dienone is 9. The van der Waals surface area contributed by atoms with Crippen molar-refractivity contribution in [3.63, 3.8) is 0 Å². The average Bonchev–Trinajstić information content (AvgIpc) is 0.794. The van der Waals surface area contributed by atoms with Crippen molar-refractivity contribution >= 4 is 5.91 Å². The molecule has 1 amide bonds. The van der Waals surface area contributed by atoms with Crippen molar-refractivity contribution in [2.75, 3.05) is 19.8 Å². The summed E-state index contributed by atoms with van der Waals surface area (Å²) in [7, 11) is 0. The van der Waals surface area contributed by atoms with Crippen molar-refractivity contribution in [1.82, 2.24) is 5.32 Å². The van der Waals surface area contributed by atoms with E-state index in [1.165, 1.54) is 276 Å². The van der Waals surface area contributed by atoms with Crippen LogP contribution in [-0.2, 0) is 23.7 Å². The van der Waals surface area contributed by atoms with Gasteiger partial charge in [0.05, 0.1) is 32.0 Å². The van der Waals surface area contributed by atoms with E-state index in [0.717, 1.165) is 64.2 Å². The van der Waals surface area contributed by atoms with Gasteiger partial charge < -0.3 is 65.1 Å². The quantitative estimate of drug-likeness (QED) is 0.0204. The zero-order valence-electron chi connectivity index (χ0n) is 62.3. The number of hydrogen-bond acceptors (Lipinski definition) is 13. The smallest absolute Gasteiger partial charge is 0.220 e. The first kappa shape index (κ1) is 90.8. The Morgan fingerprint density at radius 2 is 0.711 bits per heavy atom. The number of carbonyl (C=O) groups is 1. The molecule has 14 heteroatoms. The van der Waals surface area contributed by atoms with E-state index in [-0.39, 0.29) is 18.9 Å². The lowest BCUT2D eigenvalue weighted by Crippen LogP contribution is -2.65. The highest BCUT2D eigenvalue weighted by Gasteiger charge is 2.51. The maximum absolute atomic E-state index is 13.4. The van der Waals surface area contributed by atoms with Crippen LogP contribution < -0.4 is 5.32 Å². The molecule has 2 rings (SSSR count). The van der Waals surface area contributed by atoms with Gasteiger partial charge in [0, 0.05) is 6.42 Å². The number of rotatable bonds is 69. The number of nitrogens with one attached hydrogen (secondary N) is 1. The van der Waals surface area contributed by atoms with Crippen LogP contribution in [0.4, 0.5) is 0 Å². The van der Waals surface area contributed by atoms with Crippen molar-refractivity contribution in [2.24, 2.45) is 0 Å². The zero-order valence-corrected chi connectivity index (χ0v) is 62.3. The predicted octanol–water partition coefficient (Wildman–Crippen LogP) is 18.7. The van der Waals surface area contributed by atoms with Crippen LogP contribution >= 0.6 is 0 Å². The molecule has 2 saturated heterocycles. The molecule has 0 aromatic heterocycles. The normalized spacial score (nSPS) is 22.4. The highest BCUT2D eigenvalue weighted by Crippen LogP contribution is 2.30. The van der Waals surface area contributed by atoms with Crippen LogP contribution in [-0.4, -0.2) is 140 Å². The molecule has 0 aromatic rings. The largest absolute Gasteiger partial charge is 0.394 e. The number of hydrogen-bond donors (Lipinski definition) is 9. The SMILES string of the molecule is CC/C=C\C/C=C\C/C=C\C/C=C\CCCCCCCCCCCCCCCCCCCCCCC(=O)NC(COC1OC(CO)C(OC2OC(CO)C(O)C(O)C2O)C(O)C1O)C(O)/C=C/CCCCCCCCCCCCCCCCCCCCCCCCCCCCCC. The summed E-state index contributed by atoms with van der Waals surface area (Å²) in [6.07, 6.45) is 74.5. The number of unbranched alkanes of at least 4 members (excludes halogenated alkanes) is 48. The number of carbonyl (C=O) groups excluding carboxylic acids is 1. The molecule has 568 valence electrons. The van der Waals surface area contributed by atoms with Crippen LogP contribution in [0.25, 0.3) is 0 Å². The molecule has 2 aliphatic heterocycles. The second-order valence-electron chi connectivity index (χ2n) is 28.9. The van der Waals surface area contributed by atoms with Crippen molar-refractivity contribution in [3.05, 3.63) is 60.8 Å². The Morgan fingerprint density at radius 3 is 1.09 bits per heavy atom. The van der Waals surface area contributed by atoms with E-state index in [0.29, 0.717) is 6.42 Å². The molecule has 0 saturated carbocycles. The van der Waals surface area contributed by atoms with Gasteiger partial charge in [0.2, 0.25) is 5.91 Å². The summed E-state index contributed by atoms with van der Waals surface area (Å²) in [4.78, 5) is 13.4. The second-order valence-corrected chi connectivity index (χ2v) is 28.9. The Labute approximate surface area is 594 Å². The van der Waals surface area contributed by atoms with E-state index in [4.69, 9.17) is 18.9 Å². The van der Waals surface area contributed by atoms with Gasteiger partial charge in [0.25, 0.3) is 0 Å². The molecule has 12 atom stereocenters. The van der Waals surface area contributed by atoms with Gasteiger partial charge in [0.15, 0.2) is 12.6 Å². The number of amides is 1. The van der Waals surface area contributed by atoms with Crippen LogP contribution in [0.2, 0.25) is 0 Å². The fourth-order valence-electron chi connectivity index (χ4n) is 13.5. The molecule has 2 fully saturated rings. The Bertz CT molecular complexity index is 1860. The Morgan fingerprint density at radius 1 is 0.381 bits per heavy atom. The minimum Gasteiger partial charge on any atom is -0.394 e. The number of ether oxygens (including phenoxy) is 4. The van der Waals surface area contributed by atoms with Crippen LogP contribution in [0.15, 0.2) is 60.8 Å². The Balaban J connectivity index is 1.61. The first-order chi connectivity index (χ1) is 47.6. The molecular formula is C83H153NO13. The lowest BCUT2D eigenvalue weighted by atomic mass is 9.97. The third-order valence-electron chi connectivity index (χ3n) is 20.0. The molecule has 0 radical (unpaired) electrons. The second kappa shape index (κ2) is 66.9. The zero-order chi connectivity index (χ0) is 70.1. The molecule has 0 aliphatic carbocycles. The molecule has 0 bridgehead atoms. The Hall–Kier alpha value is -2.31. The summed E-state index contributed by atoms with van der Waals surface area (Å²) in [5, 5.41) is 87.7. The molecule has 2 aliphatic rings. The van der Waals surface area contributed by atoms with E-state index in [1.807, 2.05) is 6.08 Å². The number of aliphatic hydroxyl groups is 8. The van der Waals surface area contributed by atoms with Crippen molar-refractivity contribution in [3.8, 4) is 0 Å². The maximum Gasteiger partial charge on any atom is 0.220 e. The lowest BCUT2D eigenvalue weighted by molar-refractivity contribution is -0.359. The maximum atomic E-state index is 13.4. The molecule has 97 heavy (non-hydrogen) atoms. The van der Waals surface area contributed by atoms with Gasteiger partial charge in [-0.25, -0.2) is 0 Å². The van der Waals surface area contributed by atoms with Crippen molar-refractivity contribution in [1.29, 1.82) is 0 Å². The molecule has 14 nitrogen and oxygen atoms in total. The summed E-state index contributed by atoms with van der Waals surface area (Å²) in [6.45, 7) is 2.75. The van der Waals surface area contributed by atoms with Crippen LogP contribution in [0.1, 0.15) is 367 Å². The fraction of sp³-hybridized carbons (Fsp3) is 0.867. The average molecular weight is 1370 g/mol. The minimum absolute atomic E-state index is 0.233. The molecule has 0 aromatic carbocycles. The first-order valence-corrected chi connectivity index (χ1v) is 41.0. The monoisotopic (exact) mass is 1370 g/mol. The highest BCUT2D eigenvalue weighted by molar-refractivity contribution is 5.76. The molecule has 2 heterocycles. The van der Waals surface area contributed by atoms with Crippen LogP contribution in [0.3, 0.4) is 0 Å². The van der Waals surface area contributed by atoms with E-state index >= 15 is 0 Å². The van der Waals surface area contributed by atoms with Gasteiger partial charge >= 0.3 is 0 Å². The van der Waals surface area contributed by atoms with E-state index in [1.54, 1.807) is 6.08 Å². The van der Waals surface area contributed by atoms with Gasteiger partial charge in [0.1, 0.15) is 48.8 Å². The first-order valence-electron chi connectivity index (χ1n) is 41.0. The summed E-state index contributed by atoms with van der Waals surface area (Å²) in [5.74, 6) is -0.233. The molecular weight excluding hydrogens is 1220 g/mol. The third-order valence-corrected chi connectivity index (χ3v) is 20.0. The van der Waals surface area contributed by atoms with Gasteiger partial charge in [-0.05, 0) is 57.8 Å². The van der Waals surface area contributed by atoms with Crippen LogP contribution in [0, 0.1) is 0 Å². The van der Waals surface area contributed by atoms with Gasteiger partial charge in [-0.15, -0.1) is 0 Å². The topological polar surface area (TPSA) is 228 Å². The lowest BCUT2D eigenvalue weighted by Gasteiger charge is -2.46. The van der Waals surface area contributed by atoms with Gasteiger partial charge in [-0.1, -0.05) is 364 Å². The summed E-state index contributed by atoms with van der Waals surface area (Å²) in [6, 6.07) is -0.917. The standard InChI is InChI=1S/C83H153NO13/c1-3-5-7-9-11-13-15-17-19-21-23-25-27-29-31-33-35-36-37-39-41-43-45-47-49-51-53-55-57-59-61-63-65-67-75(88)84-71(70-94-82-80(93)78(91)81(74(69-86)96-82)97-83-79(92)77(90)76(89)73(68-85)95-83)72(87)66-64-62-60-58-56-54-52-50-48-46-44-42-40-38-34-32-30-28-26-24-22-20-18-16-14-12-10-8-6-4-2/h5,7,11,13,17,19,23,25,64,66,71-74,76-83,85-87,89-93H,3-4,6,8-10,12,14-16,18,20-22,24,26-63,65,67-70H2,1-2H3,(H,84,88)/b7-5-,13-11-,19-17-,25-23-,66-64+. The highest BCUT2D eigenvalue weighted by atomic mass is 16.7. The number of aliphatic hydroxyl groups excluding tert-OH is 8. The van der Waals surface area contributed by atoms with E-state index < -0.39 is 86.8 Å². The van der Waals surface area contributed by atoms with Gasteiger partial charge in [-0.3, -0.25) is 4.79 Å². The predicted molar refractivity (Wildman–Crippen MR) is 401 cm³/mol. The van der Waals surface area contributed by atoms with Crippen LogP contribution in [0.5, 0.6) is 0 Å². The fourth-order valence-corrected chi connectivity index (χ4v) is 13.5. The Kier molecular flexibility index (Phi) is 62.6. The minimum atomic E-state index is -1.79. The third kappa shape index (κ3) is 49.9.